The Morgan fingerprint density at radius 3 is 1.96 bits per heavy atom. The molecule has 144 valence electrons. The summed E-state index contributed by atoms with van der Waals surface area (Å²) in [6.45, 7) is 4.33. The maximum absolute atomic E-state index is 11.8. The van der Waals surface area contributed by atoms with Gasteiger partial charge in [-0.2, -0.15) is 0 Å². The molecule has 0 aliphatic heterocycles. The van der Waals surface area contributed by atoms with Crippen LogP contribution in [-0.4, -0.2) is 13.0 Å². The van der Waals surface area contributed by atoms with Gasteiger partial charge in [-0.25, -0.2) is 8.42 Å². The molecule has 0 aliphatic rings. The molecule has 0 atom stereocenters. The Morgan fingerprint density at radius 2 is 1.41 bits per heavy atom. The second-order valence-electron chi connectivity index (χ2n) is 7.17. The van der Waals surface area contributed by atoms with Gasteiger partial charge in [0.15, 0.2) is 0 Å². The first-order valence-corrected chi connectivity index (χ1v) is 11.4. The first-order chi connectivity index (χ1) is 12.5. The number of hydrogen-bond donors (Lipinski definition) is 0. The summed E-state index contributed by atoms with van der Waals surface area (Å²) in [6.07, 6.45) is 10.5. The molecule has 2 rings (SSSR count). The maximum Gasteiger partial charge on any atom is 1.00 e. The van der Waals surface area contributed by atoms with Crippen molar-refractivity contribution in [2.75, 3.05) is 0 Å². The van der Waals surface area contributed by atoms with Crippen molar-refractivity contribution in [1.82, 2.24) is 0 Å². The Morgan fingerprint density at radius 1 is 0.815 bits per heavy atom. The normalized spacial score (nSPS) is 11.5. The van der Waals surface area contributed by atoms with Gasteiger partial charge in [-0.1, -0.05) is 70.6 Å². The van der Waals surface area contributed by atoms with Gasteiger partial charge < -0.3 is 4.55 Å². The molecule has 0 saturated carbocycles. The topological polar surface area (TPSA) is 57.2 Å². The first kappa shape index (κ1) is 25.3. The molecule has 0 heterocycles. The number of rotatable bonds is 11. The van der Waals surface area contributed by atoms with Gasteiger partial charge in [-0.15, -0.1) is 0 Å². The molecule has 2 aromatic rings. The Balaban J connectivity index is 0.00000364. The average Bonchev–Trinajstić information content (AvgIpc) is 2.61. The molecule has 27 heavy (non-hydrogen) atoms. The van der Waals surface area contributed by atoms with Crippen LogP contribution in [0.4, 0.5) is 0 Å². The summed E-state index contributed by atoms with van der Waals surface area (Å²) < 4.78 is 35.5. The molecule has 0 N–H and O–H groups in total. The fourth-order valence-electron chi connectivity index (χ4n) is 3.55. The molecule has 2 aromatic carbocycles. The number of hydrogen-bond acceptors (Lipinski definition) is 3. The minimum atomic E-state index is -4.46. The van der Waals surface area contributed by atoms with Crippen LogP contribution in [0.3, 0.4) is 0 Å². The molecule has 0 aromatic heterocycles. The van der Waals surface area contributed by atoms with E-state index >= 15 is 0 Å². The molecular formula is C22H31KO3S. The maximum atomic E-state index is 11.8. The molecule has 0 amide bonds. The molecule has 3 nitrogen and oxygen atoms in total. The van der Waals surface area contributed by atoms with E-state index in [4.69, 9.17) is 0 Å². The van der Waals surface area contributed by atoms with E-state index in [1.54, 1.807) is 6.07 Å². The number of unbranched alkanes of at least 4 members (excludes halogenated alkanes) is 6. The summed E-state index contributed by atoms with van der Waals surface area (Å²) in [5.41, 5.74) is 1.81. The monoisotopic (exact) mass is 414 g/mol. The quantitative estimate of drug-likeness (QED) is 0.323. The first-order valence-electron chi connectivity index (χ1n) is 9.97. The van der Waals surface area contributed by atoms with E-state index in [-0.39, 0.29) is 56.3 Å². The molecule has 0 saturated heterocycles. The van der Waals surface area contributed by atoms with Crippen molar-refractivity contribution in [2.24, 2.45) is 0 Å². The zero-order valence-electron chi connectivity index (χ0n) is 17.1. The SMILES string of the molecule is CCCCCCc1cc2cccc(CCCCCC)c2cc1S(=O)(=O)[O-].[K+]. The van der Waals surface area contributed by atoms with Crippen LogP contribution in [0.1, 0.15) is 76.3 Å². The predicted octanol–water partition coefficient (Wildman–Crippen LogP) is 2.99. The molecular weight excluding hydrogens is 383 g/mol. The Bertz CT molecular complexity index is 816. The summed E-state index contributed by atoms with van der Waals surface area (Å²) in [5, 5.41) is 1.95. The van der Waals surface area contributed by atoms with Crippen LogP contribution in [0.5, 0.6) is 0 Å². The fourth-order valence-corrected chi connectivity index (χ4v) is 4.29. The van der Waals surface area contributed by atoms with Gasteiger partial charge in [0.05, 0.1) is 4.90 Å². The summed E-state index contributed by atoms with van der Waals surface area (Å²) >= 11 is 0. The van der Waals surface area contributed by atoms with Crippen molar-refractivity contribution >= 4 is 20.9 Å². The van der Waals surface area contributed by atoms with Crippen LogP contribution < -0.4 is 51.4 Å². The van der Waals surface area contributed by atoms with E-state index < -0.39 is 10.1 Å². The number of aryl methyl sites for hydroxylation is 2. The Labute approximate surface area is 207 Å². The van der Waals surface area contributed by atoms with E-state index in [0.29, 0.717) is 12.0 Å². The summed E-state index contributed by atoms with van der Waals surface area (Å²) in [5.74, 6) is 0. The van der Waals surface area contributed by atoms with Crippen LogP contribution >= 0.6 is 0 Å². The molecule has 5 heteroatoms. The van der Waals surface area contributed by atoms with Gasteiger partial charge in [-0.05, 0) is 59.7 Å². The summed E-state index contributed by atoms with van der Waals surface area (Å²) in [4.78, 5) is -0.0255. The minimum absolute atomic E-state index is 0. The van der Waals surface area contributed by atoms with Crippen molar-refractivity contribution in [3.8, 4) is 0 Å². The number of fused-ring (bicyclic) bond motifs is 1. The molecule has 0 aliphatic carbocycles. The average molecular weight is 415 g/mol. The molecule has 0 fully saturated rings. The predicted molar refractivity (Wildman–Crippen MR) is 108 cm³/mol. The molecule has 0 unspecified atom stereocenters. The van der Waals surface area contributed by atoms with Crippen molar-refractivity contribution in [3.05, 3.63) is 41.5 Å². The third-order valence-corrected chi connectivity index (χ3v) is 5.94. The van der Waals surface area contributed by atoms with E-state index in [0.717, 1.165) is 54.9 Å². The van der Waals surface area contributed by atoms with Gasteiger partial charge >= 0.3 is 51.4 Å². The zero-order chi connectivity index (χ0) is 19.0. The fraction of sp³-hybridized carbons (Fsp3) is 0.545. The molecule has 0 spiro atoms. The molecule has 0 radical (unpaired) electrons. The second-order valence-corrected chi connectivity index (χ2v) is 8.52. The third kappa shape index (κ3) is 7.88. The van der Waals surface area contributed by atoms with Crippen molar-refractivity contribution in [1.29, 1.82) is 0 Å². The van der Waals surface area contributed by atoms with Crippen LogP contribution in [-0.2, 0) is 23.0 Å². The smallest absolute Gasteiger partial charge is 0.744 e. The third-order valence-electron chi connectivity index (χ3n) is 5.02. The van der Waals surface area contributed by atoms with E-state index in [9.17, 15) is 13.0 Å². The minimum Gasteiger partial charge on any atom is -0.744 e. The van der Waals surface area contributed by atoms with Crippen molar-refractivity contribution in [3.63, 3.8) is 0 Å². The Kier molecular flexibility index (Phi) is 11.9. The van der Waals surface area contributed by atoms with Crippen molar-refractivity contribution < 1.29 is 64.4 Å². The second kappa shape index (κ2) is 12.7. The van der Waals surface area contributed by atoms with E-state index in [2.05, 4.69) is 19.9 Å². The van der Waals surface area contributed by atoms with Crippen LogP contribution in [0.25, 0.3) is 10.8 Å². The van der Waals surface area contributed by atoms with Crippen molar-refractivity contribution in [2.45, 2.75) is 83.0 Å². The summed E-state index contributed by atoms with van der Waals surface area (Å²) in [7, 11) is -4.46. The van der Waals surface area contributed by atoms with Crippen LogP contribution in [0, 0.1) is 0 Å². The van der Waals surface area contributed by atoms with Crippen LogP contribution in [0.15, 0.2) is 35.2 Å². The van der Waals surface area contributed by atoms with E-state index in [1.165, 1.54) is 19.3 Å². The van der Waals surface area contributed by atoms with Gasteiger partial charge in [0.25, 0.3) is 0 Å². The Hall–Kier alpha value is 0.246. The van der Waals surface area contributed by atoms with Gasteiger partial charge in [0.1, 0.15) is 10.1 Å². The van der Waals surface area contributed by atoms with Crippen LogP contribution in [0.2, 0.25) is 0 Å². The molecule has 0 bridgehead atoms. The number of benzene rings is 2. The van der Waals surface area contributed by atoms with E-state index in [1.807, 2.05) is 18.2 Å². The zero-order valence-corrected chi connectivity index (χ0v) is 21.0. The standard InChI is InChI=1S/C22H32O3S.K/c1-3-5-7-9-12-18-14-11-15-19-16-20(13-10-8-6-4-2)22(17-21(18)19)26(23,24)25;/h11,14-17H,3-10,12-13H2,1-2H3,(H,23,24,25);/q;+1/p-1. The largest absolute Gasteiger partial charge is 1.00 e. The van der Waals surface area contributed by atoms with Gasteiger partial charge in [-0.3, -0.25) is 0 Å². The van der Waals surface area contributed by atoms with Gasteiger partial charge in [0, 0.05) is 0 Å². The van der Waals surface area contributed by atoms with Gasteiger partial charge in [0.2, 0.25) is 0 Å². The summed E-state index contributed by atoms with van der Waals surface area (Å²) in [6, 6.07) is 9.64.